The van der Waals surface area contributed by atoms with Gasteiger partial charge in [-0.15, -0.1) is 0 Å². The highest BCUT2D eigenvalue weighted by Crippen LogP contribution is 1.98. The van der Waals surface area contributed by atoms with Crippen LogP contribution in [0.3, 0.4) is 0 Å². The van der Waals surface area contributed by atoms with Gasteiger partial charge in [-0.3, -0.25) is 4.98 Å². The molecule has 0 aliphatic heterocycles. The number of pyridine rings is 1. The number of nitrogens with zero attached hydrogens (tertiary/aromatic N) is 1. The fourth-order valence-corrected chi connectivity index (χ4v) is 0.824. The first-order valence-electron chi connectivity index (χ1n) is 4.23. The van der Waals surface area contributed by atoms with Crippen LogP contribution < -0.4 is 5.73 Å². The molecule has 74 valence electrons. The van der Waals surface area contributed by atoms with Gasteiger partial charge in [-0.1, -0.05) is 12.1 Å². The molecule has 4 nitrogen and oxygen atoms in total. The maximum absolute atomic E-state index is 11.1. The number of ether oxygens (including phenoxy) is 1. The first-order valence-corrected chi connectivity index (χ1v) is 4.23. The molecule has 1 rings (SSSR count). The van der Waals surface area contributed by atoms with Gasteiger partial charge in [-0.05, 0) is 19.1 Å². The predicted octanol–water partition coefficient (Wildman–Crippen LogP) is 0.987. The zero-order valence-electron chi connectivity index (χ0n) is 7.93. The van der Waals surface area contributed by atoms with Crippen LogP contribution in [0.15, 0.2) is 36.2 Å². The molecule has 1 aromatic heterocycles. The van der Waals surface area contributed by atoms with Crippen LogP contribution in [-0.2, 0) is 16.1 Å². The summed E-state index contributed by atoms with van der Waals surface area (Å²) in [5, 5.41) is 0. The van der Waals surface area contributed by atoms with E-state index in [2.05, 4.69) is 4.98 Å². The molecule has 1 heterocycles. The molecular formula is C10H12N2O2. The lowest BCUT2D eigenvalue weighted by Crippen LogP contribution is -2.14. The molecule has 0 saturated heterocycles. The molecule has 14 heavy (non-hydrogen) atoms. The molecule has 1 aromatic rings. The summed E-state index contributed by atoms with van der Waals surface area (Å²) >= 11 is 0. The van der Waals surface area contributed by atoms with Crippen molar-refractivity contribution in [3.63, 3.8) is 0 Å². The van der Waals surface area contributed by atoms with Crippen LogP contribution >= 0.6 is 0 Å². The smallest absolute Gasteiger partial charge is 0.354 e. The first-order chi connectivity index (χ1) is 6.74. The van der Waals surface area contributed by atoms with Gasteiger partial charge < -0.3 is 10.5 Å². The molecule has 0 aromatic carbocycles. The second kappa shape index (κ2) is 5.01. The van der Waals surface area contributed by atoms with Gasteiger partial charge in [0.05, 0.1) is 5.69 Å². The van der Waals surface area contributed by atoms with Gasteiger partial charge >= 0.3 is 5.97 Å². The summed E-state index contributed by atoms with van der Waals surface area (Å²) in [5.41, 5.74) is 6.16. The van der Waals surface area contributed by atoms with E-state index >= 15 is 0 Å². The summed E-state index contributed by atoms with van der Waals surface area (Å²) in [5.74, 6) is -0.516. The van der Waals surface area contributed by atoms with Crippen molar-refractivity contribution in [2.24, 2.45) is 5.73 Å². The van der Waals surface area contributed by atoms with Crippen molar-refractivity contribution in [2.45, 2.75) is 13.5 Å². The van der Waals surface area contributed by atoms with Crippen molar-refractivity contribution in [3.05, 3.63) is 41.9 Å². The summed E-state index contributed by atoms with van der Waals surface area (Å²) in [6, 6.07) is 5.40. The molecule has 2 N–H and O–H groups in total. The van der Waals surface area contributed by atoms with Crippen LogP contribution in [0.5, 0.6) is 0 Å². The molecule has 0 atom stereocenters. The van der Waals surface area contributed by atoms with Gasteiger partial charge in [0.1, 0.15) is 12.3 Å². The SMILES string of the molecule is C/C=C(\N)C(=O)OCc1ccccn1. The molecule has 0 aliphatic rings. The first kappa shape index (κ1) is 10.2. The summed E-state index contributed by atoms with van der Waals surface area (Å²) in [6.45, 7) is 1.82. The normalized spacial score (nSPS) is 11.1. The highest BCUT2D eigenvalue weighted by molar-refractivity contribution is 5.87. The molecular weight excluding hydrogens is 180 g/mol. The highest BCUT2D eigenvalue weighted by Gasteiger charge is 2.05. The van der Waals surface area contributed by atoms with Gasteiger partial charge in [0.2, 0.25) is 0 Å². The van der Waals surface area contributed by atoms with Crippen LogP contribution in [0.25, 0.3) is 0 Å². The lowest BCUT2D eigenvalue weighted by Gasteiger charge is -2.03. The van der Waals surface area contributed by atoms with Gasteiger partial charge in [-0.2, -0.15) is 0 Å². The standard InChI is InChI=1S/C10H12N2O2/c1-2-9(11)10(13)14-7-8-5-3-4-6-12-8/h2-6H,7,11H2,1H3/b9-2-. The Bertz CT molecular complexity index is 333. The van der Waals surface area contributed by atoms with E-state index in [1.54, 1.807) is 25.3 Å². The third-order valence-electron chi connectivity index (χ3n) is 1.62. The van der Waals surface area contributed by atoms with E-state index in [9.17, 15) is 4.79 Å². The summed E-state index contributed by atoms with van der Waals surface area (Å²) in [4.78, 5) is 15.1. The number of carbonyl (C=O) groups excluding carboxylic acids is 1. The number of nitrogens with two attached hydrogens (primary N) is 1. The van der Waals surface area contributed by atoms with Crippen molar-refractivity contribution in [1.29, 1.82) is 0 Å². The van der Waals surface area contributed by atoms with Gasteiger partial charge in [-0.25, -0.2) is 4.79 Å². The fourth-order valence-electron chi connectivity index (χ4n) is 0.824. The van der Waals surface area contributed by atoms with Crippen LogP contribution in [0.4, 0.5) is 0 Å². The summed E-state index contributed by atoms with van der Waals surface area (Å²) in [7, 11) is 0. The highest BCUT2D eigenvalue weighted by atomic mass is 16.5. The monoisotopic (exact) mass is 192 g/mol. The zero-order chi connectivity index (χ0) is 10.4. The van der Waals surface area contributed by atoms with E-state index in [0.29, 0.717) is 5.69 Å². The Morgan fingerprint density at radius 3 is 3.00 bits per heavy atom. The minimum absolute atomic E-state index is 0.112. The fraction of sp³-hybridized carbons (Fsp3) is 0.200. The molecule has 0 saturated carbocycles. The lowest BCUT2D eigenvalue weighted by molar-refractivity contribution is -0.140. The van der Waals surface area contributed by atoms with E-state index in [1.807, 2.05) is 6.07 Å². The van der Waals surface area contributed by atoms with Crippen molar-refractivity contribution < 1.29 is 9.53 Å². The number of rotatable bonds is 3. The third kappa shape index (κ3) is 2.90. The second-order valence-corrected chi connectivity index (χ2v) is 2.64. The van der Waals surface area contributed by atoms with Crippen molar-refractivity contribution in [1.82, 2.24) is 4.98 Å². The average molecular weight is 192 g/mol. The largest absolute Gasteiger partial charge is 0.455 e. The maximum atomic E-state index is 11.1. The van der Waals surface area contributed by atoms with E-state index in [4.69, 9.17) is 10.5 Å². The average Bonchev–Trinajstić information content (AvgIpc) is 2.26. The van der Waals surface area contributed by atoms with E-state index in [1.165, 1.54) is 6.08 Å². The Labute approximate surface area is 82.4 Å². The number of hydrogen-bond acceptors (Lipinski definition) is 4. The van der Waals surface area contributed by atoms with E-state index in [0.717, 1.165) is 0 Å². The Kier molecular flexibility index (Phi) is 3.67. The zero-order valence-corrected chi connectivity index (χ0v) is 7.93. The molecule has 0 spiro atoms. The molecule has 0 bridgehead atoms. The second-order valence-electron chi connectivity index (χ2n) is 2.64. The Hall–Kier alpha value is -1.84. The number of aromatic nitrogens is 1. The number of carbonyl (C=O) groups is 1. The Morgan fingerprint density at radius 1 is 1.64 bits per heavy atom. The predicted molar refractivity (Wildman–Crippen MR) is 52.0 cm³/mol. The summed E-state index contributed by atoms with van der Waals surface area (Å²) in [6.07, 6.45) is 3.14. The van der Waals surface area contributed by atoms with Crippen molar-refractivity contribution >= 4 is 5.97 Å². The minimum atomic E-state index is -0.516. The van der Waals surface area contributed by atoms with Crippen LogP contribution in [0, 0.1) is 0 Å². The molecule has 0 amide bonds. The molecule has 0 aliphatic carbocycles. The van der Waals surface area contributed by atoms with Gasteiger partial charge in [0.15, 0.2) is 0 Å². The minimum Gasteiger partial charge on any atom is -0.455 e. The number of esters is 1. The Balaban J connectivity index is 2.46. The molecule has 4 heteroatoms. The van der Waals surface area contributed by atoms with Crippen molar-refractivity contribution in [2.75, 3.05) is 0 Å². The number of allylic oxidation sites excluding steroid dienone is 1. The van der Waals surface area contributed by atoms with Crippen LogP contribution in [0.1, 0.15) is 12.6 Å². The Morgan fingerprint density at radius 2 is 2.43 bits per heavy atom. The summed E-state index contributed by atoms with van der Waals surface area (Å²) < 4.78 is 4.89. The third-order valence-corrected chi connectivity index (χ3v) is 1.62. The van der Waals surface area contributed by atoms with Crippen molar-refractivity contribution in [3.8, 4) is 0 Å². The van der Waals surface area contributed by atoms with Crippen LogP contribution in [-0.4, -0.2) is 11.0 Å². The topological polar surface area (TPSA) is 65.2 Å². The van der Waals surface area contributed by atoms with Gasteiger partial charge in [0, 0.05) is 6.20 Å². The molecule has 0 unspecified atom stereocenters. The quantitative estimate of drug-likeness (QED) is 0.573. The molecule has 0 radical (unpaired) electrons. The van der Waals surface area contributed by atoms with E-state index < -0.39 is 5.97 Å². The molecule has 0 fully saturated rings. The van der Waals surface area contributed by atoms with E-state index in [-0.39, 0.29) is 12.3 Å². The maximum Gasteiger partial charge on any atom is 0.354 e. The van der Waals surface area contributed by atoms with Crippen LogP contribution in [0.2, 0.25) is 0 Å². The number of hydrogen-bond donors (Lipinski definition) is 1. The lowest BCUT2D eigenvalue weighted by atomic mass is 10.4. The van der Waals surface area contributed by atoms with Gasteiger partial charge in [0.25, 0.3) is 0 Å².